The highest BCUT2D eigenvalue weighted by molar-refractivity contribution is 5.89. The SMILES string of the molecule is CC(CCOC(=O)c1ccccc1)c1ccccc1. The Kier molecular flexibility index (Phi) is 4.73. The highest BCUT2D eigenvalue weighted by atomic mass is 16.5. The second kappa shape index (κ2) is 6.74. The summed E-state index contributed by atoms with van der Waals surface area (Å²) in [5, 5.41) is 0. The third kappa shape index (κ3) is 3.95. The molecular formula is C17H18O2. The van der Waals surface area contributed by atoms with Gasteiger partial charge in [-0.1, -0.05) is 55.5 Å². The Balaban J connectivity index is 1.79. The van der Waals surface area contributed by atoms with E-state index in [-0.39, 0.29) is 5.97 Å². The molecule has 0 aliphatic rings. The maximum atomic E-state index is 11.7. The highest BCUT2D eigenvalue weighted by Crippen LogP contribution is 2.18. The van der Waals surface area contributed by atoms with E-state index in [1.54, 1.807) is 12.1 Å². The molecule has 0 aliphatic carbocycles. The molecule has 0 N–H and O–H groups in total. The molecule has 0 radical (unpaired) electrons. The minimum atomic E-state index is -0.249. The van der Waals surface area contributed by atoms with Gasteiger partial charge < -0.3 is 4.74 Å². The van der Waals surface area contributed by atoms with Crippen molar-refractivity contribution < 1.29 is 9.53 Å². The Morgan fingerprint density at radius 3 is 2.21 bits per heavy atom. The van der Waals surface area contributed by atoms with Gasteiger partial charge in [-0.3, -0.25) is 0 Å². The fraction of sp³-hybridized carbons (Fsp3) is 0.235. The van der Waals surface area contributed by atoms with Gasteiger partial charge in [-0.15, -0.1) is 0 Å². The predicted molar refractivity (Wildman–Crippen MR) is 76.2 cm³/mol. The highest BCUT2D eigenvalue weighted by Gasteiger charge is 2.08. The van der Waals surface area contributed by atoms with E-state index < -0.39 is 0 Å². The zero-order valence-corrected chi connectivity index (χ0v) is 11.1. The summed E-state index contributed by atoms with van der Waals surface area (Å²) >= 11 is 0. The van der Waals surface area contributed by atoms with E-state index >= 15 is 0 Å². The lowest BCUT2D eigenvalue weighted by molar-refractivity contribution is 0.0494. The van der Waals surface area contributed by atoms with Gasteiger partial charge in [0.1, 0.15) is 0 Å². The average Bonchev–Trinajstić information content (AvgIpc) is 2.49. The van der Waals surface area contributed by atoms with Crippen molar-refractivity contribution in [2.75, 3.05) is 6.61 Å². The quantitative estimate of drug-likeness (QED) is 0.753. The van der Waals surface area contributed by atoms with E-state index in [9.17, 15) is 4.79 Å². The molecule has 2 heteroatoms. The smallest absolute Gasteiger partial charge is 0.338 e. The van der Waals surface area contributed by atoms with Crippen LogP contribution in [0.3, 0.4) is 0 Å². The van der Waals surface area contributed by atoms with Gasteiger partial charge in [0.25, 0.3) is 0 Å². The molecule has 0 bridgehead atoms. The second-order valence-electron chi connectivity index (χ2n) is 4.60. The number of hydrogen-bond acceptors (Lipinski definition) is 2. The van der Waals surface area contributed by atoms with E-state index in [0.717, 1.165) is 6.42 Å². The first kappa shape index (κ1) is 13.3. The molecule has 2 aromatic carbocycles. The number of benzene rings is 2. The first-order chi connectivity index (χ1) is 9.27. The molecule has 2 aromatic rings. The van der Waals surface area contributed by atoms with Crippen molar-refractivity contribution in [1.29, 1.82) is 0 Å². The molecule has 98 valence electrons. The largest absolute Gasteiger partial charge is 0.462 e. The number of ether oxygens (including phenoxy) is 1. The maximum absolute atomic E-state index is 11.7. The number of esters is 1. The topological polar surface area (TPSA) is 26.3 Å². The third-order valence-corrected chi connectivity index (χ3v) is 3.16. The zero-order valence-electron chi connectivity index (χ0n) is 11.1. The minimum absolute atomic E-state index is 0.249. The molecule has 0 heterocycles. The van der Waals surface area contributed by atoms with Crippen molar-refractivity contribution >= 4 is 5.97 Å². The van der Waals surface area contributed by atoms with Crippen LogP contribution in [0, 0.1) is 0 Å². The summed E-state index contributed by atoms with van der Waals surface area (Å²) in [7, 11) is 0. The summed E-state index contributed by atoms with van der Waals surface area (Å²) in [5.41, 5.74) is 1.88. The van der Waals surface area contributed by atoms with Crippen molar-refractivity contribution in [1.82, 2.24) is 0 Å². The summed E-state index contributed by atoms with van der Waals surface area (Å²) in [6.45, 7) is 2.59. The molecule has 2 nitrogen and oxygen atoms in total. The fourth-order valence-corrected chi connectivity index (χ4v) is 1.93. The van der Waals surface area contributed by atoms with Gasteiger partial charge in [-0.05, 0) is 30.0 Å². The van der Waals surface area contributed by atoms with E-state index in [2.05, 4.69) is 19.1 Å². The first-order valence-corrected chi connectivity index (χ1v) is 6.54. The summed E-state index contributed by atoms with van der Waals surface area (Å²) < 4.78 is 5.28. The molecule has 1 atom stereocenters. The lowest BCUT2D eigenvalue weighted by Crippen LogP contribution is -2.08. The van der Waals surface area contributed by atoms with Gasteiger partial charge in [0.05, 0.1) is 12.2 Å². The van der Waals surface area contributed by atoms with Gasteiger partial charge in [-0.2, -0.15) is 0 Å². The van der Waals surface area contributed by atoms with Gasteiger partial charge in [0, 0.05) is 0 Å². The van der Waals surface area contributed by atoms with Gasteiger partial charge in [0.15, 0.2) is 0 Å². The Morgan fingerprint density at radius 2 is 1.58 bits per heavy atom. The van der Waals surface area contributed by atoms with Crippen molar-refractivity contribution in [2.24, 2.45) is 0 Å². The second-order valence-corrected chi connectivity index (χ2v) is 4.60. The minimum Gasteiger partial charge on any atom is -0.462 e. The molecule has 1 unspecified atom stereocenters. The van der Waals surface area contributed by atoms with Crippen molar-refractivity contribution in [3.63, 3.8) is 0 Å². The van der Waals surface area contributed by atoms with Crippen LogP contribution in [-0.4, -0.2) is 12.6 Å². The van der Waals surface area contributed by atoms with Gasteiger partial charge in [0.2, 0.25) is 0 Å². The van der Waals surface area contributed by atoms with Crippen LogP contribution in [0.25, 0.3) is 0 Å². The Bertz CT molecular complexity index is 505. The zero-order chi connectivity index (χ0) is 13.5. The number of carbonyl (C=O) groups is 1. The maximum Gasteiger partial charge on any atom is 0.338 e. The molecular weight excluding hydrogens is 236 g/mol. The molecule has 0 amide bonds. The number of carbonyl (C=O) groups excluding carboxylic acids is 1. The Labute approximate surface area is 114 Å². The van der Waals surface area contributed by atoms with Crippen LogP contribution in [0.1, 0.15) is 35.2 Å². The molecule has 0 aliphatic heterocycles. The van der Waals surface area contributed by atoms with E-state index in [0.29, 0.717) is 18.1 Å². The monoisotopic (exact) mass is 254 g/mol. The molecule has 19 heavy (non-hydrogen) atoms. The third-order valence-electron chi connectivity index (χ3n) is 3.16. The van der Waals surface area contributed by atoms with Gasteiger partial charge >= 0.3 is 5.97 Å². The lowest BCUT2D eigenvalue weighted by Gasteiger charge is -2.12. The van der Waals surface area contributed by atoms with Crippen molar-refractivity contribution in [2.45, 2.75) is 19.3 Å². The van der Waals surface area contributed by atoms with Crippen LogP contribution >= 0.6 is 0 Å². The van der Waals surface area contributed by atoms with Crippen LogP contribution < -0.4 is 0 Å². The molecule has 0 saturated heterocycles. The van der Waals surface area contributed by atoms with Crippen LogP contribution in [0.15, 0.2) is 60.7 Å². The summed E-state index contributed by atoms with van der Waals surface area (Å²) in [6.07, 6.45) is 0.836. The van der Waals surface area contributed by atoms with Crippen molar-refractivity contribution in [3.05, 3.63) is 71.8 Å². The molecule has 0 fully saturated rings. The Hall–Kier alpha value is -2.09. The predicted octanol–water partition coefficient (Wildman–Crippen LogP) is 4.04. The van der Waals surface area contributed by atoms with E-state index in [1.165, 1.54) is 5.56 Å². The Morgan fingerprint density at radius 1 is 1.00 bits per heavy atom. The molecule has 2 rings (SSSR count). The summed E-state index contributed by atoms with van der Waals surface area (Å²) in [4.78, 5) is 11.7. The summed E-state index contributed by atoms with van der Waals surface area (Å²) in [6, 6.07) is 19.4. The van der Waals surface area contributed by atoms with Gasteiger partial charge in [-0.25, -0.2) is 4.79 Å². The lowest BCUT2D eigenvalue weighted by atomic mass is 9.98. The molecule has 0 spiro atoms. The summed E-state index contributed by atoms with van der Waals surface area (Å²) in [5.74, 6) is 0.144. The molecule has 0 aromatic heterocycles. The van der Waals surface area contributed by atoms with E-state index in [4.69, 9.17) is 4.74 Å². The van der Waals surface area contributed by atoms with Crippen LogP contribution in [0.4, 0.5) is 0 Å². The first-order valence-electron chi connectivity index (χ1n) is 6.54. The number of rotatable bonds is 5. The molecule has 0 saturated carbocycles. The van der Waals surface area contributed by atoms with E-state index in [1.807, 2.05) is 36.4 Å². The van der Waals surface area contributed by atoms with Crippen LogP contribution in [0.5, 0.6) is 0 Å². The average molecular weight is 254 g/mol. The normalized spacial score (nSPS) is 11.8. The fourth-order valence-electron chi connectivity index (χ4n) is 1.93. The van der Waals surface area contributed by atoms with Crippen LogP contribution in [-0.2, 0) is 4.74 Å². The van der Waals surface area contributed by atoms with Crippen LogP contribution in [0.2, 0.25) is 0 Å². The standard InChI is InChI=1S/C17H18O2/c1-14(15-8-4-2-5-9-15)12-13-19-17(18)16-10-6-3-7-11-16/h2-11,14H,12-13H2,1H3. The van der Waals surface area contributed by atoms with Crippen molar-refractivity contribution in [3.8, 4) is 0 Å². The number of hydrogen-bond donors (Lipinski definition) is 0.